The van der Waals surface area contributed by atoms with Crippen LogP contribution < -0.4 is 15.1 Å². The molecule has 3 heterocycles. The van der Waals surface area contributed by atoms with Crippen LogP contribution in [-0.4, -0.2) is 11.2 Å². The molecule has 2 aliphatic rings. The zero-order chi connectivity index (χ0) is 23.8. The van der Waals surface area contributed by atoms with E-state index >= 15 is 0 Å². The van der Waals surface area contributed by atoms with Gasteiger partial charge in [0.05, 0.1) is 16.5 Å². The van der Waals surface area contributed by atoms with Gasteiger partial charge in [-0.1, -0.05) is 23.3 Å². The summed E-state index contributed by atoms with van der Waals surface area (Å²) in [6, 6.07) is 3.25. The van der Waals surface area contributed by atoms with Crippen LogP contribution in [0.15, 0.2) is 56.8 Å². The van der Waals surface area contributed by atoms with Crippen molar-refractivity contribution in [3.8, 4) is 11.5 Å². The van der Waals surface area contributed by atoms with Crippen molar-refractivity contribution in [1.29, 1.82) is 0 Å². The Hall–Kier alpha value is -3.01. The Labute approximate surface area is 196 Å². The van der Waals surface area contributed by atoms with Crippen LogP contribution >= 0.6 is 0 Å². The topological polar surface area (TPSA) is 48.7 Å². The van der Waals surface area contributed by atoms with Crippen LogP contribution in [0.3, 0.4) is 0 Å². The van der Waals surface area contributed by atoms with E-state index in [0.717, 1.165) is 53.7 Å². The van der Waals surface area contributed by atoms with E-state index in [2.05, 4.69) is 71.9 Å². The van der Waals surface area contributed by atoms with E-state index in [1.54, 1.807) is 6.07 Å². The van der Waals surface area contributed by atoms with Gasteiger partial charge in [-0.3, -0.25) is 0 Å². The summed E-state index contributed by atoms with van der Waals surface area (Å²) in [7, 11) is 0. The molecule has 33 heavy (non-hydrogen) atoms. The highest BCUT2D eigenvalue weighted by Gasteiger charge is 2.36. The van der Waals surface area contributed by atoms with Gasteiger partial charge in [-0.15, -0.1) is 0 Å². The molecule has 0 spiro atoms. The highest BCUT2D eigenvalue weighted by molar-refractivity contribution is 5.98. The average molecular weight is 447 g/mol. The fourth-order valence-electron chi connectivity index (χ4n) is 4.43. The van der Waals surface area contributed by atoms with Gasteiger partial charge in [0.15, 0.2) is 5.58 Å². The lowest BCUT2D eigenvalue weighted by Crippen LogP contribution is -2.34. The van der Waals surface area contributed by atoms with E-state index < -0.39 is 11.2 Å². The summed E-state index contributed by atoms with van der Waals surface area (Å²) in [4.78, 5) is 12.1. The summed E-state index contributed by atoms with van der Waals surface area (Å²) >= 11 is 0. The van der Waals surface area contributed by atoms with Gasteiger partial charge in [0, 0.05) is 6.07 Å². The van der Waals surface area contributed by atoms with E-state index in [4.69, 9.17) is 13.9 Å². The first-order valence-electron chi connectivity index (χ1n) is 11.8. The summed E-state index contributed by atoms with van der Waals surface area (Å²) in [6.45, 7) is 12.6. The molecule has 1 aromatic heterocycles. The van der Waals surface area contributed by atoms with Gasteiger partial charge in [-0.25, -0.2) is 4.79 Å². The molecule has 2 unspecified atom stereocenters. The predicted molar refractivity (Wildman–Crippen MR) is 136 cm³/mol. The minimum atomic E-state index is -0.451. The summed E-state index contributed by atoms with van der Waals surface area (Å²) < 4.78 is 18.9. The quantitative estimate of drug-likeness (QED) is 0.338. The van der Waals surface area contributed by atoms with Gasteiger partial charge < -0.3 is 13.9 Å². The van der Waals surface area contributed by atoms with Crippen molar-refractivity contribution in [2.45, 2.75) is 78.4 Å². The molecule has 0 saturated carbocycles. The Morgan fingerprint density at radius 3 is 1.94 bits per heavy atom. The second kappa shape index (κ2) is 8.74. The number of hydrogen-bond acceptors (Lipinski definition) is 4. The Morgan fingerprint density at radius 1 is 0.818 bits per heavy atom. The van der Waals surface area contributed by atoms with Crippen LogP contribution in [-0.2, 0) is 0 Å². The third-order valence-corrected chi connectivity index (χ3v) is 6.32. The second-order valence-corrected chi connectivity index (χ2v) is 10.1. The Morgan fingerprint density at radius 2 is 1.36 bits per heavy atom. The zero-order valence-corrected chi connectivity index (χ0v) is 20.6. The van der Waals surface area contributed by atoms with Gasteiger partial charge in [0.1, 0.15) is 22.7 Å². The molecule has 0 radical (unpaired) electrons. The summed E-state index contributed by atoms with van der Waals surface area (Å²) in [5.74, 6) is 1.44. The summed E-state index contributed by atoms with van der Waals surface area (Å²) in [5.41, 5.74) is 3.53. The first-order chi connectivity index (χ1) is 15.6. The third kappa shape index (κ3) is 4.85. The molecule has 2 atom stereocenters. The number of ether oxygens (including phenoxy) is 2. The Kier molecular flexibility index (Phi) is 6.13. The molecule has 0 amide bonds. The van der Waals surface area contributed by atoms with E-state index in [9.17, 15) is 4.79 Å². The molecule has 2 aromatic rings. The predicted octanol–water partition coefficient (Wildman–Crippen LogP) is 7.61. The Balaban J connectivity index is 1.79. The molecule has 4 rings (SSSR count). The highest BCUT2D eigenvalue weighted by Crippen LogP contribution is 2.49. The normalized spacial score (nSPS) is 22.7. The monoisotopic (exact) mass is 446 g/mol. The SMILES string of the molecule is CC(C)=CCCC1(C)C=Cc2c(c3c(c4ccc(=O)oc24)OC(C)(CCC=C(C)C)C=C3)O1. The number of benzene rings is 1. The number of allylic oxidation sites excluding steroid dienone is 4. The minimum absolute atomic E-state index is 0.382. The maximum absolute atomic E-state index is 12.1. The second-order valence-electron chi connectivity index (χ2n) is 10.1. The molecule has 1 aromatic carbocycles. The first-order valence-corrected chi connectivity index (χ1v) is 11.8. The van der Waals surface area contributed by atoms with Gasteiger partial charge in [-0.05, 0) is 97.6 Å². The van der Waals surface area contributed by atoms with Gasteiger partial charge in [0.2, 0.25) is 0 Å². The van der Waals surface area contributed by atoms with Crippen molar-refractivity contribution in [2.24, 2.45) is 0 Å². The van der Waals surface area contributed by atoms with Crippen LogP contribution in [0.1, 0.15) is 78.4 Å². The largest absolute Gasteiger partial charge is 0.482 e. The van der Waals surface area contributed by atoms with Gasteiger partial charge in [-0.2, -0.15) is 0 Å². The Bertz CT molecular complexity index is 1250. The first kappa shape index (κ1) is 23.2. The molecule has 2 aliphatic heterocycles. The maximum Gasteiger partial charge on any atom is 0.336 e. The smallest absolute Gasteiger partial charge is 0.336 e. The van der Waals surface area contributed by atoms with Crippen molar-refractivity contribution in [1.82, 2.24) is 0 Å². The van der Waals surface area contributed by atoms with Crippen molar-refractivity contribution in [3.05, 3.63) is 69.1 Å². The molecular formula is C29H34O4. The molecule has 4 heteroatoms. The van der Waals surface area contributed by atoms with Gasteiger partial charge >= 0.3 is 5.63 Å². The van der Waals surface area contributed by atoms with E-state index in [0.29, 0.717) is 5.58 Å². The lowest BCUT2D eigenvalue weighted by Gasteiger charge is -2.37. The molecule has 0 fully saturated rings. The van der Waals surface area contributed by atoms with Crippen LogP contribution in [0.2, 0.25) is 0 Å². The van der Waals surface area contributed by atoms with E-state index in [1.165, 1.54) is 17.2 Å². The van der Waals surface area contributed by atoms with Crippen molar-refractivity contribution in [3.63, 3.8) is 0 Å². The zero-order valence-electron chi connectivity index (χ0n) is 20.6. The fourth-order valence-corrected chi connectivity index (χ4v) is 4.43. The van der Waals surface area contributed by atoms with E-state index in [-0.39, 0.29) is 5.63 Å². The minimum Gasteiger partial charge on any atom is -0.482 e. The highest BCUT2D eigenvalue weighted by atomic mass is 16.5. The average Bonchev–Trinajstić information content (AvgIpc) is 2.72. The van der Waals surface area contributed by atoms with Crippen molar-refractivity contribution < 1.29 is 13.9 Å². The third-order valence-electron chi connectivity index (χ3n) is 6.32. The van der Waals surface area contributed by atoms with Crippen LogP contribution in [0.25, 0.3) is 23.1 Å². The molecule has 174 valence electrons. The molecule has 0 bridgehead atoms. The van der Waals surface area contributed by atoms with Crippen LogP contribution in [0.4, 0.5) is 0 Å². The number of hydrogen-bond donors (Lipinski definition) is 0. The lowest BCUT2D eigenvalue weighted by molar-refractivity contribution is 0.118. The lowest BCUT2D eigenvalue weighted by atomic mass is 9.89. The number of fused-ring (bicyclic) bond motifs is 6. The summed E-state index contributed by atoms with van der Waals surface area (Å²) in [5, 5.41) is 0.794. The van der Waals surface area contributed by atoms with Crippen molar-refractivity contribution in [2.75, 3.05) is 0 Å². The summed E-state index contributed by atoms with van der Waals surface area (Å²) in [6.07, 6.45) is 16.4. The molecule has 0 N–H and O–H groups in total. The standard InChI is InChI=1S/C29H34O4/c1-19(2)9-7-15-28(5)17-13-22-25-21(11-12-24(30)31-25)26-23(27(22)33-28)14-18-29(6,32-26)16-8-10-20(3)4/h9-14,17-18H,7-8,15-16H2,1-6H3. The molecular weight excluding hydrogens is 412 g/mol. The molecule has 0 aliphatic carbocycles. The molecule has 4 nitrogen and oxygen atoms in total. The number of rotatable bonds is 6. The maximum atomic E-state index is 12.1. The van der Waals surface area contributed by atoms with Crippen LogP contribution in [0, 0.1) is 0 Å². The van der Waals surface area contributed by atoms with Gasteiger partial charge in [0.25, 0.3) is 0 Å². The molecule has 0 saturated heterocycles. The van der Waals surface area contributed by atoms with E-state index in [1.807, 2.05) is 6.08 Å². The van der Waals surface area contributed by atoms with Crippen molar-refractivity contribution >= 4 is 23.1 Å². The fraction of sp³-hybridized carbons (Fsp3) is 0.414. The van der Waals surface area contributed by atoms with Crippen LogP contribution in [0.5, 0.6) is 11.5 Å².